The van der Waals surface area contributed by atoms with Crippen molar-refractivity contribution in [3.8, 4) is 0 Å². The maximum atomic E-state index is 10.5. The van der Waals surface area contributed by atoms with Gasteiger partial charge < -0.3 is 9.52 Å². The lowest BCUT2D eigenvalue weighted by Crippen LogP contribution is -2.25. The Morgan fingerprint density at radius 3 is 2.78 bits per heavy atom. The van der Waals surface area contributed by atoms with E-state index in [1.54, 1.807) is 30.2 Å². The maximum absolute atomic E-state index is 10.5. The summed E-state index contributed by atoms with van der Waals surface area (Å²) in [6.45, 7) is 3.75. The second-order valence-electron chi connectivity index (χ2n) is 4.65. The highest BCUT2D eigenvalue weighted by Gasteiger charge is 2.28. The molecule has 0 aliphatic carbocycles. The van der Waals surface area contributed by atoms with Crippen molar-refractivity contribution < 1.29 is 9.52 Å². The van der Waals surface area contributed by atoms with Gasteiger partial charge in [0.1, 0.15) is 0 Å². The summed E-state index contributed by atoms with van der Waals surface area (Å²) < 4.78 is 6.74. The molecular formula is C13H17ClN2O2. The molecule has 0 aliphatic rings. The van der Waals surface area contributed by atoms with Crippen LogP contribution in [0.5, 0.6) is 0 Å². The van der Waals surface area contributed by atoms with Crippen molar-refractivity contribution in [2.24, 2.45) is 7.05 Å². The molecule has 98 valence electrons. The SMILES string of the molecule is CCc1nn(C)c(CC(C)(O)c2ccoc2)c1Cl. The van der Waals surface area contributed by atoms with Gasteiger partial charge in [0.15, 0.2) is 0 Å². The molecule has 2 aromatic rings. The summed E-state index contributed by atoms with van der Waals surface area (Å²) in [7, 11) is 1.84. The summed E-state index contributed by atoms with van der Waals surface area (Å²) >= 11 is 6.28. The van der Waals surface area contributed by atoms with Gasteiger partial charge >= 0.3 is 0 Å². The molecule has 0 aromatic carbocycles. The summed E-state index contributed by atoms with van der Waals surface area (Å²) in [5.74, 6) is 0. The third-order valence-corrected chi connectivity index (χ3v) is 3.59. The molecule has 18 heavy (non-hydrogen) atoms. The summed E-state index contributed by atoms with van der Waals surface area (Å²) in [6.07, 6.45) is 4.27. The van der Waals surface area contributed by atoms with Crippen molar-refractivity contribution in [2.45, 2.75) is 32.3 Å². The van der Waals surface area contributed by atoms with Crippen molar-refractivity contribution in [2.75, 3.05) is 0 Å². The van der Waals surface area contributed by atoms with Crippen molar-refractivity contribution in [1.82, 2.24) is 9.78 Å². The molecule has 0 aliphatic heterocycles. The molecule has 0 saturated carbocycles. The zero-order valence-electron chi connectivity index (χ0n) is 10.8. The molecule has 0 saturated heterocycles. The molecule has 1 atom stereocenters. The Labute approximate surface area is 111 Å². The Kier molecular flexibility index (Phi) is 3.50. The van der Waals surface area contributed by atoms with Crippen LogP contribution in [-0.4, -0.2) is 14.9 Å². The number of furan rings is 1. The van der Waals surface area contributed by atoms with Crippen LogP contribution in [0.1, 0.15) is 30.8 Å². The summed E-state index contributed by atoms with van der Waals surface area (Å²) in [5, 5.41) is 15.5. The van der Waals surface area contributed by atoms with E-state index in [2.05, 4.69) is 5.10 Å². The lowest BCUT2D eigenvalue weighted by atomic mass is 9.93. The second-order valence-corrected chi connectivity index (χ2v) is 5.03. The van der Waals surface area contributed by atoms with Crippen LogP contribution in [0.4, 0.5) is 0 Å². The minimum atomic E-state index is -1.02. The van der Waals surface area contributed by atoms with Gasteiger partial charge in [-0.3, -0.25) is 4.68 Å². The highest BCUT2D eigenvalue weighted by Crippen LogP contribution is 2.30. The van der Waals surface area contributed by atoms with E-state index in [0.29, 0.717) is 11.4 Å². The molecule has 0 fully saturated rings. The van der Waals surface area contributed by atoms with E-state index in [1.807, 2.05) is 14.0 Å². The number of hydrogen-bond donors (Lipinski definition) is 1. The Balaban J connectivity index is 2.32. The van der Waals surface area contributed by atoms with Crippen LogP contribution in [0.3, 0.4) is 0 Å². The smallest absolute Gasteiger partial charge is 0.0963 e. The number of aliphatic hydroxyl groups is 1. The molecule has 0 spiro atoms. The summed E-state index contributed by atoms with van der Waals surface area (Å²) in [6, 6.07) is 1.75. The van der Waals surface area contributed by atoms with Crippen LogP contribution in [0.15, 0.2) is 23.0 Å². The zero-order valence-corrected chi connectivity index (χ0v) is 11.5. The number of halogens is 1. The molecule has 0 amide bonds. The lowest BCUT2D eigenvalue weighted by Gasteiger charge is -2.21. The van der Waals surface area contributed by atoms with E-state index in [9.17, 15) is 5.11 Å². The van der Waals surface area contributed by atoms with Crippen molar-refractivity contribution in [1.29, 1.82) is 0 Å². The van der Waals surface area contributed by atoms with Gasteiger partial charge in [0.05, 0.1) is 34.5 Å². The first kappa shape index (κ1) is 13.2. The molecule has 4 nitrogen and oxygen atoms in total. The molecule has 2 heterocycles. The molecule has 1 N–H and O–H groups in total. The van der Waals surface area contributed by atoms with E-state index in [4.69, 9.17) is 16.0 Å². The zero-order chi connectivity index (χ0) is 13.3. The van der Waals surface area contributed by atoms with Gasteiger partial charge in [-0.2, -0.15) is 5.10 Å². The molecule has 2 aromatic heterocycles. The fourth-order valence-electron chi connectivity index (χ4n) is 2.01. The fourth-order valence-corrected chi connectivity index (χ4v) is 2.37. The number of rotatable bonds is 4. The Bertz CT molecular complexity index is 529. The highest BCUT2D eigenvalue weighted by atomic mass is 35.5. The van der Waals surface area contributed by atoms with Crippen LogP contribution in [0.25, 0.3) is 0 Å². The highest BCUT2D eigenvalue weighted by molar-refractivity contribution is 6.31. The number of aromatic nitrogens is 2. The van der Waals surface area contributed by atoms with Gasteiger partial charge in [-0.05, 0) is 19.4 Å². The van der Waals surface area contributed by atoms with Crippen LogP contribution in [0, 0.1) is 0 Å². The minimum absolute atomic E-state index is 0.398. The van der Waals surface area contributed by atoms with Gasteiger partial charge in [-0.15, -0.1) is 0 Å². The first-order valence-corrected chi connectivity index (χ1v) is 6.28. The average Bonchev–Trinajstić information content (AvgIpc) is 2.93. The molecule has 1 unspecified atom stereocenters. The Morgan fingerprint density at radius 1 is 1.56 bits per heavy atom. The quantitative estimate of drug-likeness (QED) is 0.928. The van der Waals surface area contributed by atoms with Crippen LogP contribution < -0.4 is 0 Å². The van der Waals surface area contributed by atoms with E-state index < -0.39 is 5.60 Å². The monoisotopic (exact) mass is 268 g/mol. The largest absolute Gasteiger partial charge is 0.472 e. The van der Waals surface area contributed by atoms with Gasteiger partial charge in [-0.1, -0.05) is 18.5 Å². The number of aryl methyl sites for hydroxylation is 2. The first-order valence-electron chi connectivity index (χ1n) is 5.91. The standard InChI is InChI=1S/C13H17ClN2O2/c1-4-10-12(14)11(16(3)15-10)7-13(2,17)9-5-6-18-8-9/h5-6,8,17H,4,7H2,1-3H3. The predicted octanol–water partition coefficient (Wildman–Crippen LogP) is 2.68. The summed E-state index contributed by atoms with van der Waals surface area (Å²) in [5.41, 5.74) is 1.41. The van der Waals surface area contributed by atoms with E-state index in [-0.39, 0.29) is 0 Å². The van der Waals surface area contributed by atoms with Gasteiger partial charge in [0.25, 0.3) is 0 Å². The Hall–Kier alpha value is -1.26. The fraction of sp³-hybridized carbons (Fsp3) is 0.462. The molecule has 0 bridgehead atoms. The van der Waals surface area contributed by atoms with Crippen molar-refractivity contribution in [3.05, 3.63) is 40.6 Å². The van der Waals surface area contributed by atoms with Crippen molar-refractivity contribution >= 4 is 11.6 Å². The summed E-state index contributed by atoms with van der Waals surface area (Å²) in [4.78, 5) is 0. The normalized spacial score (nSPS) is 14.7. The van der Waals surface area contributed by atoms with Gasteiger partial charge in [0, 0.05) is 19.0 Å². The van der Waals surface area contributed by atoms with E-state index in [1.165, 1.54) is 0 Å². The molecular weight excluding hydrogens is 252 g/mol. The topological polar surface area (TPSA) is 51.2 Å². The second kappa shape index (κ2) is 4.78. The third kappa shape index (κ3) is 2.31. The Morgan fingerprint density at radius 2 is 2.28 bits per heavy atom. The predicted molar refractivity (Wildman–Crippen MR) is 69.6 cm³/mol. The average molecular weight is 269 g/mol. The van der Waals surface area contributed by atoms with Gasteiger partial charge in [-0.25, -0.2) is 0 Å². The van der Waals surface area contributed by atoms with Crippen LogP contribution >= 0.6 is 11.6 Å². The van der Waals surface area contributed by atoms with E-state index in [0.717, 1.165) is 23.4 Å². The maximum Gasteiger partial charge on any atom is 0.0963 e. The minimum Gasteiger partial charge on any atom is -0.472 e. The van der Waals surface area contributed by atoms with Crippen LogP contribution in [0.2, 0.25) is 5.02 Å². The van der Waals surface area contributed by atoms with E-state index >= 15 is 0 Å². The first-order chi connectivity index (χ1) is 8.45. The van der Waals surface area contributed by atoms with Crippen LogP contribution in [-0.2, 0) is 25.5 Å². The third-order valence-electron chi connectivity index (χ3n) is 3.16. The molecule has 5 heteroatoms. The number of hydrogen-bond acceptors (Lipinski definition) is 3. The number of nitrogens with zero attached hydrogens (tertiary/aromatic N) is 2. The van der Waals surface area contributed by atoms with Gasteiger partial charge in [0.2, 0.25) is 0 Å². The van der Waals surface area contributed by atoms with Crippen molar-refractivity contribution in [3.63, 3.8) is 0 Å². The molecule has 2 rings (SSSR count). The molecule has 0 radical (unpaired) electrons. The lowest BCUT2D eigenvalue weighted by molar-refractivity contribution is 0.0550.